The van der Waals surface area contributed by atoms with E-state index in [0.29, 0.717) is 40.5 Å². The summed E-state index contributed by atoms with van der Waals surface area (Å²) in [6, 6.07) is 14.6. The molecule has 1 saturated carbocycles. The normalized spacial score (nSPS) is 14.6. The Hall–Kier alpha value is -3.52. The molecule has 0 bridgehead atoms. The molecule has 1 aliphatic carbocycles. The first-order valence-corrected chi connectivity index (χ1v) is 12.8. The second kappa shape index (κ2) is 9.26. The molecule has 0 saturated heterocycles. The van der Waals surface area contributed by atoms with Crippen molar-refractivity contribution in [1.82, 2.24) is 14.6 Å². The maximum Gasteiger partial charge on any atom is 0.294 e. The van der Waals surface area contributed by atoms with Crippen molar-refractivity contribution in [2.24, 2.45) is 0 Å². The van der Waals surface area contributed by atoms with Crippen LogP contribution in [-0.2, 0) is 6.61 Å². The van der Waals surface area contributed by atoms with E-state index in [2.05, 4.69) is 34.3 Å². The van der Waals surface area contributed by atoms with Gasteiger partial charge in [0.1, 0.15) is 29.4 Å². The van der Waals surface area contributed by atoms with Crippen LogP contribution in [0.15, 0.2) is 53.1 Å². The highest BCUT2D eigenvalue weighted by Gasteiger charge is 2.18. The molecule has 7 nitrogen and oxygen atoms in total. The Balaban J connectivity index is 1.28. The van der Waals surface area contributed by atoms with Gasteiger partial charge in [0.2, 0.25) is 4.96 Å². The molecule has 1 aliphatic rings. The molecule has 0 radical (unpaired) electrons. The Bertz CT molecular complexity index is 1450. The van der Waals surface area contributed by atoms with Crippen molar-refractivity contribution in [2.75, 3.05) is 14.2 Å². The third-order valence-electron chi connectivity index (χ3n) is 6.68. The number of fused-ring (bicyclic) bond motifs is 2. The van der Waals surface area contributed by atoms with E-state index in [1.54, 1.807) is 18.7 Å². The molecule has 35 heavy (non-hydrogen) atoms. The summed E-state index contributed by atoms with van der Waals surface area (Å²) >= 11 is 1.38. The Morgan fingerprint density at radius 3 is 2.74 bits per heavy atom. The summed E-state index contributed by atoms with van der Waals surface area (Å²) in [7, 11) is 3.24. The molecule has 3 heterocycles. The number of nitrogens with zero attached hydrogens (tertiary/aromatic N) is 3. The zero-order valence-electron chi connectivity index (χ0n) is 19.8. The van der Waals surface area contributed by atoms with Crippen LogP contribution in [-0.4, -0.2) is 28.8 Å². The topological polar surface area (TPSA) is 71.0 Å². The number of rotatable bonds is 7. The van der Waals surface area contributed by atoms with Crippen molar-refractivity contribution in [2.45, 2.75) is 44.6 Å². The van der Waals surface area contributed by atoms with E-state index in [1.807, 2.05) is 24.4 Å². The van der Waals surface area contributed by atoms with Gasteiger partial charge in [-0.2, -0.15) is 0 Å². The molecule has 3 aromatic heterocycles. The van der Waals surface area contributed by atoms with Crippen LogP contribution in [0.4, 0.5) is 0 Å². The molecule has 2 aromatic carbocycles. The van der Waals surface area contributed by atoms with Gasteiger partial charge in [-0.3, -0.25) is 0 Å². The molecule has 6 rings (SSSR count). The van der Waals surface area contributed by atoms with Crippen LogP contribution < -0.4 is 14.2 Å². The van der Waals surface area contributed by atoms with Gasteiger partial charge in [-0.15, -0.1) is 5.10 Å². The summed E-state index contributed by atoms with van der Waals surface area (Å²) in [5.74, 6) is 2.72. The molecule has 1 fully saturated rings. The molecular formula is C27H27N3O4S. The van der Waals surface area contributed by atoms with Crippen molar-refractivity contribution < 1.29 is 18.6 Å². The number of ether oxygens (including phenoxy) is 3. The molecule has 0 atom stereocenters. The lowest BCUT2D eigenvalue weighted by Gasteiger charge is -2.22. The number of imidazole rings is 1. The van der Waals surface area contributed by atoms with Crippen molar-refractivity contribution in [3.8, 4) is 28.1 Å². The van der Waals surface area contributed by atoms with Gasteiger partial charge in [0.15, 0.2) is 5.76 Å². The smallest absolute Gasteiger partial charge is 0.294 e. The monoisotopic (exact) mass is 489 g/mol. The number of aromatic nitrogens is 3. The highest BCUT2D eigenvalue weighted by molar-refractivity contribution is 7.18. The van der Waals surface area contributed by atoms with Crippen LogP contribution in [0, 0.1) is 0 Å². The summed E-state index contributed by atoms with van der Waals surface area (Å²) < 4.78 is 24.9. The van der Waals surface area contributed by atoms with Gasteiger partial charge >= 0.3 is 0 Å². The zero-order valence-corrected chi connectivity index (χ0v) is 20.6. The van der Waals surface area contributed by atoms with Gasteiger partial charge in [0.25, 0.3) is 5.19 Å². The van der Waals surface area contributed by atoms with Gasteiger partial charge in [-0.25, -0.2) is 9.50 Å². The molecule has 5 aromatic rings. The predicted molar refractivity (Wildman–Crippen MR) is 136 cm³/mol. The largest absolute Gasteiger partial charge is 0.496 e. The number of hydrogen-bond acceptors (Lipinski definition) is 7. The van der Waals surface area contributed by atoms with Crippen molar-refractivity contribution in [1.29, 1.82) is 0 Å². The molecule has 8 heteroatoms. The van der Waals surface area contributed by atoms with E-state index >= 15 is 0 Å². The van der Waals surface area contributed by atoms with Crippen LogP contribution in [0.2, 0.25) is 0 Å². The lowest BCUT2D eigenvalue weighted by atomic mass is 9.84. The highest BCUT2D eigenvalue weighted by atomic mass is 32.1. The van der Waals surface area contributed by atoms with E-state index < -0.39 is 0 Å². The van der Waals surface area contributed by atoms with Crippen molar-refractivity contribution in [3.63, 3.8) is 0 Å². The van der Waals surface area contributed by atoms with Gasteiger partial charge in [-0.1, -0.05) is 43.5 Å². The van der Waals surface area contributed by atoms with Gasteiger partial charge < -0.3 is 18.6 Å². The third kappa shape index (κ3) is 4.34. The molecule has 0 spiro atoms. The number of methoxy groups -OCH3 is 2. The minimum Gasteiger partial charge on any atom is -0.496 e. The van der Waals surface area contributed by atoms with Crippen LogP contribution in [0.25, 0.3) is 27.4 Å². The number of benzene rings is 2. The summed E-state index contributed by atoms with van der Waals surface area (Å²) in [6.07, 6.45) is 8.42. The molecular weight excluding hydrogens is 462 g/mol. The molecule has 0 aliphatic heterocycles. The fraction of sp³-hybridized carbons (Fsp3) is 0.333. The van der Waals surface area contributed by atoms with Gasteiger partial charge in [0, 0.05) is 12.1 Å². The Morgan fingerprint density at radius 2 is 1.94 bits per heavy atom. The second-order valence-electron chi connectivity index (χ2n) is 8.94. The van der Waals surface area contributed by atoms with E-state index in [9.17, 15) is 0 Å². The highest BCUT2D eigenvalue weighted by Crippen LogP contribution is 2.38. The summed E-state index contributed by atoms with van der Waals surface area (Å²) in [4.78, 5) is 5.38. The minimum atomic E-state index is 0.479. The molecule has 0 N–H and O–H groups in total. The van der Waals surface area contributed by atoms with Crippen molar-refractivity contribution in [3.05, 3.63) is 59.8 Å². The summed E-state index contributed by atoms with van der Waals surface area (Å²) in [6.45, 7) is 0.479. The molecule has 0 amide bonds. The lowest BCUT2D eigenvalue weighted by Crippen LogP contribution is -2.05. The first-order valence-electron chi connectivity index (χ1n) is 11.9. The third-order valence-corrected chi connectivity index (χ3v) is 7.57. The van der Waals surface area contributed by atoms with E-state index in [4.69, 9.17) is 18.6 Å². The minimum absolute atomic E-state index is 0.479. The molecule has 0 unspecified atom stereocenters. The Morgan fingerprint density at radius 1 is 1.06 bits per heavy atom. The van der Waals surface area contributed by atoms with Crippen LogP contribution >= 0.6 is 11.3 Å². The SMILES string of the molecule is COc1cc(OCc2cccc(C3CCCCC3)c2)c2cc(-c3cn4nc(OC)sc4n3)oc2c1. The fourth-order valence-corrected chi connectivity index (χ4v) is 5.56. The lowest BCUT2D eigenvalue weighted by molar-refractivity contribution is 0.307. The Labute approximate surface area is 207 Å². The number of hydrogen-bond donors (Lipinski definition) is 0. The second-order valence-corrected chi connectivity index (χ2v) is 9.86. The maximum absolute atomic E-state index is 6.32. The van der Waals surface area contributed by atoms with E-state index in [-0.39, 0.29) is 0 Å². The Kier molecular flexibility index (Phi) is 5.82. The molecule has 180 valence electrons. The van der Waals surface area contributed by atoms with Gasteiger partial charge in [-0.05, 0) is 47.3 Å². The van der Waals surface area contributed by atoms with E-state index in [0.717, 1.165) is 16.1 Å². The first kappa shape index (κ1) is 22.0. The van der Waals surface area contributed by atoms with Crippen LogP contribution in [0.1, 0.15) is 49.1 Å². The van der Waals surface area contributed by atoms with Gasteiger partial charge in [0.05, 0.1) is 25.8 Å². The van der Waals surface area contributed by atoms with Crippen molar-refractivity contribution >= 4 is 27.3 Å². The first-order chi connectivity index (χ1) is 17.2. The predicted octanol–water partition coefficient (Wildman–Crippen LogP) is 6.85. The zero-order chi connectivity index (χ0) is 23.8. The van der Waals surface area contributed by atoms with Crippen LogP contribution in [0.3, 0.4) is 0 Å². The summed E-state index contributed by atoms with van der Waals surface area (Å²) in [5, 5.41) is 5.79. The average Bonchev–Trinajstić information content (AvgIpc) is 3.60. The standard InChI is InChI=1S/C27H27N3O4S/c1-31-20-12-23(33-16-17-7-6-10-19(11-17)18-8-4-3-5-9-18)21-14-25(34-24(21)13-20)22-15-30-26(28-22)35-27(29-30)32-2/h6-7,10-15,18H,3-5,8-9,16H2,1-2H3. The van der Waals surface area contributed by atoms with Crippen LogP contribution in [0.5, 0.6) is 16.7 Å². The van der Waals surface area contributed by atoms with E-state index in [1.165, 1.54) is 54.6 Å². The maximum atomic E-state index is 6.32. The summed E-state index contributed by atoms with van der Waals surface area (Å²) in [5.41, 5.74) is 3.99. The quantitative estimate of drug-likeness (QED) is 0.249. The number of furan rings is 1. The fourth-order valence-electron chi connectivity index (χ4n) is 4.86. The average molecular weight is 490 g/mol.